The van der Waals surface area contributed by atoms with Crippen molar-refractivity contribution in [3.8, 4) is 34.3 Å². The van der Waals surface area contributed by atoms with Crippen LogP contribution in [-0.2, 0) is 15.3 Å². The van der Waals surface area contributed by atoms with Crippen molar-refractivity contribution in [3.05, 3.63) is 46.1 Å². The minimum absolute atomic E-state index is 0.205. The predicted molar refractivity (Wildman–Crippen MR) is 109 cm³/mol. The summed E-state index contributed by atoms with van der Waals surface area (Å²) in [6.45, 7) is 0. The average Bonchev–Trinajstić information content (AvgIpc) is 2.75. The van der Waals surface area contributed by atoms with Crippen LogP contribution in [0.4, 0.5) is 0 Å². The maximum atomic E-state index is 13.5. The van der Waals surface area contributed by atoms with Crippen LogP contribution in [0.1, 0.15) is 5.56 Å². The molecule has 2 heterocycles. The topological polar surface area (TPSA) is 239 Å². The van der Waals surface area contributed by atoms with E-state index in [2.05, 4.69) is 0 Å². The maximum absolute atomic E-state index is 13.5. The number of aliphatic hydroxyl groups is 4. The fourth-order valence-corrected chi connectivity index (χ4v) is 3.81. The number of carbonyl (C=O) groups is 1. The molecule has 1 fully saturated rings. The fourth-order valence-electron chi connectivity index (χ4n) is 3.81. The van der Waals surface area contributed by atoms with E-state index in [9.17, 15) is 55.5 Å². The highest BCUT2D eigenvalue weighted by atomic mass is 16.7. The molecule has 0 aliphatic carbocycles. The Hall–Kier alpha value is -3.88. The summed E-state index contributed by atoms with van der Waals surface area (Å²) in [4.78, 5) is 25.0. The Labute approximate surface area is 188 Å². The molecule has 5 atom stereocenters. The lowest BCUT2D eigenvalue weighted by Gasteiger charge is -2.44. The molecule has 13 nitrogen and oxygen atoms in total. The van der Waals surface area contributed by atoms with Gasteiger partial charge in [0.1, 0.15) is 52.1 Å². The molecule has 9 N–H and O–H groups in total. The Morgan fingerprint density at radius 3 is 2.21 bits per heavy atom. The smallest absolute Gasteiger partial charge is 0.335 e. The summed E-state index contributed by atoms with van der Waals surface area (Å²) in [6, 6.07) is 4.70. The Bertz CT molecular complexity index is 1360. The number of aromatic hydroxyl groups is 4. The van der Waals surface area contributed by atoms with Gasteiger partial charge in [-0.25, -0.2) is 4.79 Å². The minimum Gasteiger partial charge on any atom is -0.508 e. The van der Waals surface area contributed by atoms with E-state index in [0.717, 1.165) is 30.3 Å². The second kappa shape index (κ2) is 7.86. The zero-order chi connectivity index (χ0) is 25.1. The number of hydrogen-bond acceptors (Lipinski definition) is 12. The van der Waals surface area contributed by atoms with Gasteiger partial charge in [-0.05, 0) is 18.2 Å². The molecule has 3 aromatic rings. The third kappa shape index (κ3) is 3.39. The summed E-state index contributed by atoms with van der Waals surface area (Å²) in [5.74, 6) is -8.40. The maximum Gasteiger partial charge on any atom is 0.335 e. The number of phenols is 4. The third-order valence-corrected chi connectivity index (χ3v) is 5.49. The second-order valence-corrected chi connectivity index (χ2v) is 7.68. The lowest BCUT2D eigenvalue weighted by Crippen LogP contribution is -2.65. The highest BCUT2D eigenvalue weighted by Gasteiger charge is 2.58. The molecule has 180 valence electrons. The fraction of sp³-hybridized carbons (Fsp3) is 0.238. The van der Waals surface area contributed by atoms with Gasteiger partial charge in [0.05, 0.1) is 0 Å². The van der Waals surface area contributed by atoms with Crippen LogP contribution in [0.3, 0.4) is 0 Å². The highest BCUT2D eigenvalue weighted by molar-refractivity contribution is 5.87. The SMILES string of the molecule is O=C(O)[C@H]1OC(O)(c2c(-c3ccc(O)c(O)c3)oc3cc(O)cc(O)c3c2=O)[C@H](O)[C@@H](O)[C@@H]1O. The predicted octanol–water partition coefficient (Wildman–Crippen LogP) is -1.01. The van der Waals surface area contributed by atoms with Crippen molar-refractivity contribution in [3.63, 3.8) is 0 Å². The van der Waals surface area contributed by atoms with E-state index < -0.39 is 86.9 Å². The summed E-state index contributed by atoms with van der Waals surface area (Å²) in [6.07, 6.45) is -9.33. The van der Waals surface area contributed by atoms with Gasteiger partial charge in [0.15, 0.2) is 17.6 Å². The molecule has 34 heavy (non-hydrogen) atoms. The lowest BCUT2D eigenvalue weighted by atomic mass is 9.86. The van der Waals surface area contributed by atoms with Crippen molar-refractivity contribution in [2.24, 2.45) is 0 Å². The first-order valence-electron chi connectivity index (χ1n) is 9.59. The Morgan fingerprint density at radius 1 is 0.912 bits per heavy atom. The molecule has 13 heteroatoms. The zero-order valence-corrected chi connectivity index (χ0v) is 16.9. The van der Waals surface area contributed by atoms with Gasteiger partial charge >= 0.3 is 5.97 Å². The largest absolute Gasteiger partial charge is 0.508 e. The number of carboxylic acids is 1. The normalized spacial score (nSPS) is 27.1. The van der Waals surface area contributed by atoms with Crippen molar-refractivity contribution in [2.45, 2.75) is 30.2 Å². The van der Waals surface area contributed by atoms with Gasteiger partial charge in [0.2, 0.25) is 11.2 Å². The van der Waals surface area contributed by atoms with Crippen molar-refractivity contribution < 1.29 is 59.9 Å². The minimum atomic E-state index is -3.32. The van der Waals surface area contributed by atoms with E-state index in [-0.39, 0.29) is 5.56 Å². The van der Waals surface area contributed by atoms with Gasteiger partial charge in [-0.1, -0.05) is 0 Å². The first-order chi connectivity index (χ1) is 15.9. The number of phenolic OH excluding ortho intramolecular Hbond substituents is 4. The molecule has 0 radical (unpaired) electrons. The molecule has 4 rings (SSSR count). The summed E-state index contributed by atoms with van der Waals surface area (Å²) in [5, 5.41) is 90.2. The molecule has 1 aliphatic heterocycles. The van der Waals surface area contributed by atoms with Crippen LogP contribution >= 0.6 is 0 Å². The first-order valence-corrected chi connectivity index (χ1v) is 9.59. The van der Waals surface area contributed by atoms with Gasteiger partial charge in [-0.15, -0.1) is 0 Å². The molecule has 0 amide bonds. The average molecular weight is 478 g/mol. The number of fused-ring (bicyclic) bond motifs is 1. The number of carboxylic acid groups (broad SMARTS) is 1. The van der Waals surface area contributed by atoms with Gasteiger partial charge in [0.25, 0.3) is 0 Å². The molecule has 0 saturated carbocycles. The van der Waals surface area contributed by atoms with E-state index >= 15 is 0 Å². The number of hydrogen-bond donors (Lipinski definition) is 9. The molecule has 1 aromatic heterocycles. The van der Waals surface area contributed by atoms with E-state index in [1.807, 2.05) is 0 Å². The Kier molecular flexibility index (Phi) is 5.38. The molecule has 1 aliphatic rings. The van der Waals surface area contributed by atoms with Gasteiger partial charge in [0, 0.05) is 17.7 Å². The van der Waals surface area contributed by atoms with Gasteiger partial charge < -0.3 is 55.1 Å². The van der Waals surface area contributed by atoms with Crippen LogP contribution in [0.2, 0.25) is 0 Å². The van der Waals surface area contributed by atoms with Crippen LogP contribution in [-0.4, -0.2) is 76.3 Å². The van der Waals surface area contributed by atoms with Crippen LogP contribution < -0.4 is 5.43 Å². The number of rotatable bonds is 3. The quantitative estimate of drug-likeness (QED) is 0.205. The summed E-state index contributed by atoms with van der Waals surface area (Å²) >= 11 is 0. The molecule has 0 bridgehead atoms. The van der Waals surface area contributed by atoms with Gasteiger partial charge in [-0.3, -0.25) is 4.79 Å². The van der Waals surface area contributed by atoms with Crippen molar-refractivity contribution in [1.82, 2.24) is 0 Å². The van der Waals surface area contributed by atoms with Crippen molar-refractivity contribution in [2.75, 3.05) is 0 Å². The van der Waals surface area contributed by atoms with Crippen molar-refractivity contribution >= 4 is 16.9 Å². The van der Waals surface area contributed by atoms with E-state index in [4.69, 9.17) is 9.15 Å². The molecular weight excluding hydrogens is 460 g/mol. The summed E-state index contributed by atoms with van der Waals surface area (Å²) in [7, 11) is 0. The summed E-state index contributed by atoms with van der Waals surface area (Å²) < 4.78 is 10.6. The van der Waals surface area contributed by atoms with Crippen LogP contribution in [0.15, 0.2) is 39.5 Å². The summed E-state index contributed by atoms with van der Waals surface area (Å²) in [5.41, 5.74) is -2.90. The third-order valence-electron chi connectivity index (χ3n) is 5.49. The number of aliphatic hydroxyl groups excluding tert-OH is 3. The lowest BCUT2D eigenvalue weighted by molar-refractivity contribution is -0.350. The molecule has 2 aromatic carbocycles. The zero-order valence-electron chi connectivity index (χ0n) is 16.9. The van der Waals surface area contributed by atoms with Crippen LogP contribution in [0.25, 0.3) is 22.3 Å². The highest BCUT2D eigenvalue weighted by Crippen LogP contribution is 2.43. The number of benzene rings is 2. The standard InChI is InChI=1S/C21H18O13/c22-7-4-10(25)12-11(5-7)33-17(6-1-2-8(23)9(24)3-6)13(14(12)26)21(32)19(29)16(28)15(27)18(34-21)20(30)31/h1-5,15-16,18-19,22-25,27-29,32H,(H,30,31)/t15-,16-,18-,19+,21?/m0/s1. The van der Waals surface area contributed by atoms with E-state index in [1.54, 1.807) is 0 Å². The second-order valence-electron chi connectivity index (χ2n) is 7.68. The molecular formula is C21H18O13. The van der Waals surface area contributed by atoms with Crippen LogP contribution in [0.5, 0.6) is 23.0 Å². The van der Waals surface area contributed by atoms with Gasteiger partial charge in [-0.2, -0.15) is 0 Å². The van der Waals surface area contributed by atoms with Crippen LogP contribution in [0, 0.1) is 0 Å². The monoisotopic (exact) mass is 478 g/mol. The Morgan fingerprint density at radius 2 is 1.59 bits per heavy atom. The molecule has 1 unspecified atom stereocenters. The number of ether oxygens (including phenoxy) is 1. The van der Waals surface area contributed by atoms with Crippen molar-refractivity contribution in [1.29, 1.82) is 0 Å². The molecule has 0 spiro atoms. The first kappa shape index (κ1) is 23.3. The number of aliphatic carboxylic acids is 1. The Balaban J connectivity index is 2.11. The molecule has 1 saturated heterocycles. The van der Waals surface area contributed by atoms with E-state index in [1.165, 1.54) is 0 Å². The van der Waals surface area contributed by atoms with E-state index in [0.29, 0.717) is 0 Å².